The number of ether oxygens (including phenoxy) is 1. The zero-order valence-corrected chi connectivity index (χ0v) is 15.1. The molecule has 3 N–H and O–H groups in total. The number of halogens is 1. The Kier molecular flexibility index (Phi) is 4.67. The van der Waals surface area contributed by atoms with E-state index in [0.29, 0.717) is 30.5 Å². The van der Waals surface area contributed by atoms with Gasteiger partial charge in [0, 0.05) is 10.2 Å². The minimum absolute atomic E-state index is 0.173. The second kappa shape index (κ2) is 6.73. The van der Waals surface area contributed by atoms with Crippen molar-refractivity contribution < 1.29 is 14.1 Å². The molecule has 2 heterocycles. The number of aryl methyl sites for hydroxylation is 1. The molecule has 1 aromatic carbocycles. The van der Waals surface area contributed by atoms with Gasteiger partial charge in [0.2, 0.25) is 0 Å². The zero-order chi connectivity index (χ0) is 17.3. The number of nitrogens with zero attached hydrogens (tertiary/aromatic N) is 3. The van der Waals surface area contributed by atoms with Crippen molar-refractivity contribution in [3.05, 3.63) is 28.5 Å². The first kappa shape index (κ1) is 16.7. The molecule has 8 nitrogen and oxygen atoms in total. The van der Waals surface area contributed by atoms with E-state index >= 15 is 0 Å². The van der Waals surface area contributed by atoms with Gasteiger partial charge in [-0.1, -0.05) is 5.16 Å². The van der Waals surface area contributed by atoms with Crippen LogP contribution in [0.1, 0.15) is 5.82 Å². The summed E-state index contributed by atoms with van der Waals surface area (Å²) < 4.78 is 11.2. The van der Waals surface area contributed by atoms with Crippen LogP contribution in [-0.2, 0) is 4.74 Å². The van der Waals surface area contributed by atoms with Crippen LogP contribution in [0.2, 0.25) is 0 Å². The lowest BCUT2D eigenvalue weighted by Crippen LogP contribution is -2.37. The van der Waals surface area contributed by atoms with E-state index in [0.717, 1.165) is 10.0 Å². The minimum atomic E-state index is -0.418. The molecule has 1 fully saturated rings. The molecular weight excluding hydrogens is 398 g/mol. The predicted molar refractivity (Wildman–Crippen MR) is 94.6 cm³/mol. The fourth-order valence-corrected chi connectivity index (χ4v) is 2.92. The molecule has 1 aliphatic heterocycles. The maximum absolute atomic E-state index is 12.1. The highest BCUT2D eigenvalue weighted by molar-refractivity contribution is 9.10. The number of carbonyl (C=O) groups is 1. The first-order valence-corrected chi connectivity index (χ1v) is 8.26. The Morgan fingerprint density at radius 2 is 2.38 bits per heavy atom. The van der Waals surface area contributed by atoms with Crippen molar-refractivity contribution in [2.24, 2.45) is 5.73 Å². The van der Waals surface area contributed by atoms with Crippen molar-refractivity contribution in [2.75, 3.05) is 18.0 Å². The van der Waals surface area contributed by atoms with E-state index < -0.39 is 6.09 Å². The van der Waals surface area contributed by atoms with Crippen LogP contribution in [0, 0.1) is 6.92 Å². The second-order valence-corrected chi connectivity index (χ2v) is 6.47. The van der Waals surface area contributed by atoms with Crippen molar-refractivity contribution in [3.63, 3.8) is 0 Å². The third-order valence-electron chi connectivity index (χ3n) is 3.40. The summed E-state index contributed by atoms with van der Waals surface area (Å²) in [5.41, 5.74) is 6.83. The van der Waals surface area contributed by atoms with Gasteiger partial charge in [0.05, 0.1) is 18.7 Å². The van der Waals surface area contributed by atoms with Crippen LogP contribution in [0.3, 0.4) is 0 Å². The minimum Gasteiger partial charge on any atom is -0.442 e. The van der Waals surface area contributed by atoms with Gasteiger partial charge < -0.3 is 20.3 Å². The molecule has 126 valence electrons. The Morgan fingerprint density at radius 1 is 1.58 bits per heavy atom. The molecule has 0 saturated carbocycles. The lowest BCUT2D eigenvalue weighted by molar-refractivity contribution is 0.143. The number of hydrogen-bond acceptors (Lipinski definition) is 6. The first-order valence-electron chi connectivity index (χ1n) is 7.05. The van der Waals surface area contributed by atoms with Crippen LogP contribution in [0.15, 0.2) is 27.2 Å². The average Bonchev–Trinajstić information content (AvgIpc) is 3.11. The predicted octanol–water partition coefficient (Wildman–Crippen LogP) is 1.97. The van der Waals surface area contributed by atoms with Gasteiger partial charge in [-0.05, 0) is 53.3 Å². The van der Waals surface area contributed by atoms with E-state index in [2.05, 4.69) is 31.4 Å². The molecule has 2 aromatic rings. The van der Waals surface area contributed by atoms with Crippen molar-refractivity contribution in [2.45, 2.75) is 13.0 Å². The third kappa shape index (κ3) is 3.49. The highest BCUT2D eigenvalue weighted by Crippen LogP contribution is 2.32. The van der Waals surface area contributed by atoms with Crippen LogP contribution in [0.5, 0.6) is 0 Å². The van der Waals surface area contributed by atoms with E-state index in [1.54, 1.807) is 30.0 Å². The number of rotatable bonds is 4. The summed E-state index contributed by atoms with van der Waals surface area (Å²) in [5.74, 6) is 0.964. The van der Waals surface area contributed by atoms with Gasteiger partial charge in [0.15, 0.2) is 10.9 Å². The Labute approximate surface area is 151 Å². The van der Waals surface area contributed by atoms with Gasteiger partial charge in [0.25, 0.3) is 5.89 Å². The quantitative estimate of drug-likeness (QED) is 0.735. The van der Waals surface area contributed by atoms with Gasteiger partial charge in [-0.3, -0.25) is 4.90 Å². The number of carbonyl (C=O) groups excluding carboxylic acids is 1. The van der Waals surface area contributed by atoms with E-state index in [1.165, 1.54) is 0 Å². The fourth-order valence-electron chi connectivity index (χ4n) is 2.30. The van der Waals surface area contributed by atoms with E-state index in [-0.39, 0.29) is 11.2 Å². The molecule has 0 spiro atoms. The zero-order valence-electron chi connectivity index (χ0n) is 12.7. The monoisotopic (exact) mass is 411 g/mol. The molecule has 3 rings (SSSR count). The molecule has 0 bridgehead atoms. The van der Waals surface area contributed by atoms with Crippen molar-refractivity contribution in [3.8, 4) is 11.5 Å². The summed E-state index contributed by atoms with van der Waals surface area (Å²) in [6.07, 6.45) is -0.742. The highest BCUT2D eigenvalue weighted by atomic mass is 79.9. The third-order valence-corrected chi connectivity index (χ3v) is 4.20. The summed E-state index contributed by atoms with van der Waals surface area (Å²) in [7, 11) is 0. The molecule has 24 heavy (non-hydrogen) atoms. The topological polar surface area (TPSA) is 107 Å². The van der Waals surface area contributed by atoms with Crippen LogP contribution >= 0.6 is 28.1 Å². The molecule has 0 aliphatic carbocycles. The van der Waals surface area contributed by atoms with Gasteiger partial charge in [0.1, 0.15) is 6.10 Å². The number of hydrogen-bond donors (Lipinski definition) is 2. The number of nitrogens with two attached hydrogens (primary N) is 1. The van der Waals surface area contributed by atoms with Gasteiger partial charge in [-0.25, -0.2) is 4.79 Å². The van der Waals surface area contributed by atoms with Gasteiger partial charge in [-0.15, -0.1) is 0 Å². The molecule has 1 atom stereocenters. The molecular formula is C14H14BrN5O3S. The Bertz CT molecular complexity index is 796. The summed E-state index contributed by atoms with van der Waals surface area (Å²) in [6, 6.07) is 5.41. The van der Waals surface area contributed by atoms with Crippen LogP contribution < -0.4 is 16.0 Å². The normalized spacial score (nSPS) is 17.0. The van der Waals surface area contributed by atoms with Crippen LogP contribution in [-0.4, -0.2) is 40.5 Å². The highest BCUT2D eigenvalue weighted by Gasteiger charge is 2.32. The summed E-state index contributed by atoms with van der Waals surface area (Å²) in [5, 5.41) is 6.74. The lowest BCUT2D eigenvalue weighted by Gasteiger charge is -2.14. The molecule has 1 aliphatic rings. The molecule has 0 radical (unpaired) electrons. The molecule has 1 unspecified atom stereocenters. The van der Waals surface area contributed by atoms with E-state index in [9.17, 15) is 4.79 Å². The number of thiocarbonyl (C=S) groups is 1. The summed E-state index contributed by atoms with van der Waals surface area (Å²) >= 11 is 8.22. The fraction of sp³-hybridized carbons (Fsp3) is 0.286. The average molecular weight is 412 g/mol. The maximum atomic E-state index is 12.1. The number of cyclic esters (lactones) is 1. The standard InChI is InChI=1S/C14H14BrN5O3S/c1-7-18-12(23-19-7)10-3-2-8(4-11(10)15)20-6-9(22-14(20)21)5-17-13(16)24/h2-4,9H,5-6H2,1H3,(H3,16,17,24). The number of anilines is 1. The molecule has 10 heteroatoms. The largest absolute Gasteiger partial charge is 0.442 e. The van der Waals surface area contributed by atoms with E-state index in [4.69, 9.17) is 27.2 Å². The lowest BCUT2D eigenvalue weighted by atomic mass is 10.2. The van der Waals surface area contributed by atoms with Crippen molar-refractivity contribution in [1.82, 2.24) is 15.5 Å². The first-order chi connectivity index (χ1) is 11.4. The van der Waals surface area contributed by atoms with Crippen molar-refractivity contribution >= 4 is 45.0 Å². The maximum Gasteiger partial charge on any atom is 0.414 e. The molecule has 1 amide bonds. The number of nitrogens with one attached hydrogen (secondary N) is 1. The number of aromatic nitrogens is 2. The number of amides is 1. The van der Waals surface area contributed by atoms with Crippen molar-refractivity contribution in [1.29, 1.82) is 0 Å². The van der Waals surface area contributed by atoms with Gasteiger partial charge >= 0.3 is 6.09 Å². The Balaban J connectivity index is 1.77. The second-order valence-electron chi connectivity index (χ2n) is 5.17. The summed E-state index contributed by atoms with van der Waals surface area (Å²) in [6.45, 7) is 2.52. The van der Waals surface area contributed by atoms with Gasteiger partial charge in [-0.2, -0.15) is 4.98 Å². The smallest absolute Gasteiger partial charge is 0.414 e. The van der Waals surface area contributed by atoms with E-state index in [1.807, 2.05) is 0 Å². The Hall–Kier alpha value is -2.20. The summed E-state index contributed by atoms with van der Waals surface area (Å²) in [4.78, 5) is 17.8. The van der Waals surface area contributed by atoms with Crippen LogP contribution in [0.4, 0.5) is 10.5 Å². The SMILES string of the molecule is Cc1noc(-c2ccc(N3CC(CNC(N)=S)OC3=O)cc2Br)n1. The Morgan fingerprint density at radius 3 is 3.00 bits per heavy atom. The number of benzene rings is 1. The molecule has 1 aromatic heterocycles. The molecule has 1 saturated heterocycles. The van der Waals surface area contributed by atoms with Crippen LogP contribution in [0.25, 0.3) is 11.5 Å².